The number of hydrogen-bond donors (Lipinski definition) is 1. The zero-order valence-electron chi connectivity index (χ0n) is 9.93. The molecule has 2 aromatic rings. The molecule has 0 radical (unpaired) electrons. The predicted molar refractivity (Wildman–Crippen MR) is 77.3 cm³/mol. The van der Waals surface area contributed by atoms with E-state index in [9.17, 15) is 0 Å². The number of rotatable bonds is 2. The fraction of sp³-hybridized carbons (Fsp3) is 0.214. The van der Waals surface area contributed by atoms with Gasteiger partial charge in [0.05, 0.1) is 11.8 Å². The highest BCUT2D eigenvalue weighted by atomic mass is 35.5. The molecule has 3 rings (SSSR count). The molecule has 0 bridgehead atoms. The van der Waals surface area contributed by atoms with Gasteiger partial charge in [-0.15, -0.1) is 11.3 Å². The predicted octanol–water partition coefficient (Wildman–Crippen LogP) is 4.09. The van der Waals surface area contributed by atoms with Crippen molar-refractivity contribution < 1.29 is 0 Å². The Morgan fingerprint density at radius 1 is 1.22 bits per heavy atom. The van der Waals surface area contributed by atoms with E-state index >= 15 is 0 Å². The number of halogens is 1. The Hall–Kier alpha value is -1.32. The summed E-state index contributed by atoms with van der Waals surface area (Å²) < 4.78 is 0. The largest absolute Gasteiger partial charge is 0.301 e. The summed E-state index contributed by atoms with van der Waals surface area (Å²) in [6.45, 7) is 2.21. The summed E-state index contributed by atoms with van der Waals surface area (Å²) in [6.07, 6.45) is 0. The van der Waals surface area contributed by atoms with E-state index in [1.54, 1.807) is 11.3 Å². The van der Waals surface area contributed by atoms with Crippen LogP contribution in [0.5, 0.6) is 0 Å². The van der Waals surface area contributed by atoms with Gasteiger partial charge in [0.1, 0.15) is 0 Å². The third-order valence-electron chi connectivity index (χ3n) is 3.25. The molecule has 1 aliphatic rings. The second-order valence-corrected chi connectivity index (χ2v) is 5.83. The van der Waals surface area contributed by atoms with Crippen molar-refractivity contribution >= 4 is 28.6 Å². The van der Waals surface area contributed by atoms with Gasteiger partial charge in [-0.05, 0) is 29.1 Å². The monoisotopic (exact) mass is 276 g/mol. The van der Waals surface area contributed by atoms with Crippen molar-refractivity contribution in [2.24, 2.45) is 11.0 Å². The maximum atomic E-state index is 5.91. The number of benzene rings is 1. The molecular formula is C14H13ClN2S. The lowest BCUT2D eigenvalue weighted by molar-refractivity contribution is 0.534. The molecule has 18 heavy (non-hydrogen) atoms. The van der Waals surface area contributed by atoms with E-state index < -0.39 is 0 Å². The minimum Gasteiger partial charge on any atom is -0.301 e. The van der Waals surface area contributed by atoms with E-state index in [1.807, 2.05) is 24.3 Å². The molecule has 0 saturated heterocycles. The highest BCUT2D eigenvalue weighted by Gasteiger charge is 2.30. The number of nitrogens with zero attached hydrogens (tertiary/aromatic N) is 1. The first-order valence-corrected chi connectivity index (χ1v) is 7.14. The fourth-order valence-electron chi connectivity index (χ4n) is 2.24. The molecular weight excluding hydrogens is 264 g/mol. The van der Waals surface area contributed by atoms with Crippen LogP contribution in [-0.4, -0.2) is 5.71 Å². The first-order chi connectivity index (χ1) is 8.75. The van der Waals surface area contributed by atoms with E-state index in [0.29, 0.717) is 5.92 Å². The Balaban J connectivity index is 1.86. The van der Waals surface area contributed by atoms with Gasteiger partial charge >= 0.3 is 0 Å². The summed E-state index contributed by atoms with van der Waals surface area (Å²) in [5.74, 6) is 0.366. The molecule has 1 aliphatic heterocycles. The second-order valence-electron chi connectivity index (χ2n) is 4.41. The van der Waals surface area contributed by atoms with E-state index in [0.717, 1.165) is 16.3 Å². The molecule has 0 saturated carbocycles. The highest BCUT2D eigenvalue weighted by molar-refractivity contribution is 7.10. The Labute approximate surface area is 115 Å². The van der Waals surface area contributed by atoms with E-state index in [4.69, 9.17) is 11.6 Å². The summed E-state index contributed by atoms with van der Waals surface area (Å²) >= 11 is 7.68. The smallest absolute Gasteiger partial charge is 0.0863 e. The normalized spacial score (nSPS) is 22.7. The van der Waals surface area contributed by atoms with Crippen molar-refractivity contribution in [1.82, 2.24) is 5.43 Å². The lowest BCUT2D eigenvalue weighted by atomic mass is 9.92. The summed E-state index contributed by atoms with van der Waals surface area (Å²) in [5.41, 5.74) is 5.48. The molecule has 92 valence electrons. The molecule has 1 N–H and O–H groups in total. The second kappa shape index (κ2) is 4.75. The van der Waals surface area contributed by atoms with Gasteiger partial charge in [0, 0.05) is 15.8 Å². The molecule has 0 spiro atoms. The molecule has 2 heterocycles. The Morgan fingerprint density at radius 2 is 2.00 bits per heavy atom. The minimum atomic E-state index is 0.288. The number of nitrogens with one attached hydrogen (secondary N) is 1. The van der Waals surface area contributed by atoms with Crippen molar-refractivity contribution in [2.75, 3.05) is 0 Å². The van der Waals surface area contributed by atoms with Gasteiger partial charge in [-0.3, -0.25) is 0 Å². The van der Waals surface area contributed by atoms with Crippen molar-refractivity contribution in [2.45, 2.75) is 13.0 Å². The van der Waals surface area contributed by atoms with Gasteiger partial charge in [-0.1, -0.05) is 36.7 Å². The standard InChI is InChI=1S/C14H13ClN2S/c1-9-13(10-4-6-11(15)7-5-10)16-17-14(9)12-3-2-8-18-12/h2-9,14,17H,1H3. The molecule has 1 aromatic heterocycles. The van der Waals surface area contributed by atoms with Crippen LogP contribution in [0.25, 0.3) is 0 Å². The first kappa shape index (κ1) is 11.8. The SMILES string of the molecule is CC1C(c2ccc(Cl)cc2)=NNC1c1cccs1. The summed E-state index contributed by atoms with van der Waals surface area (Å²) in [7, 11) is 0. The van der Waals surface area contributed by atoms with Crippen molar-refractivity contribution in [3.8, 4) is 0 Å². The van der Waals surface area contributed by atoms with Gasteiger partial charge in [0.2, 0.25) is 0 Å². The van der Waals surface area contributed by atoms with Gasteiger partial charge in [-0.2, -0.15) is 5.10 Å². The maximum absolute atomic E-state index is 5.91. The molecule has 0 aliphatic carbocycles. The lowest BCUT2D eigenvalue weighted by Crippen LogP contribution is -2.18. The van der Waals surface area contributed by atoms with Crippen molar-refractivity contribution in [3.05, 3.63) is 57.2 Å². The summed E-state index contributed by atoms with van der Waals surface area (Å²) in [5, 5.41) is 7.34. The minimum absolute atomic E-state index is 0.288. The Morgan fingerprint density at radius 3 is 2.67 bits per heavy atom. The lowest BCUT2D eigenvalue weighted by Gasteiger charge is -2.14. The van der Waals surface area contributed by atoms with E-state index in [2.05, 4.69) is 35.0 Å². The molecule has 0 amide bonds. The zero-order valence-corrected chi connectivity index (χ0v) is 11.5. The fourth-order valence-corrected chi connectivity index (χ4v) is 3.24. The maximum Gasteiger partial charge on any atom is 0.0863 e. The van der Waals surface area contributed by atoms with Crippen LogP contribution < -0.4 is 5.43 Å². The van der Waals surface area contributed by atoms with Crippen LogP contribution >= 0.6 is 22.9 Å². The number of hydrogen-bond acceptors (Lipinski definition) is 3. The van der Waals surface area contributed by atoms with Crippen LogP contribution in [0.15, 0.2) is 46.9 Å². The van der Waals surface area contributed by atoms with Gasteiger partial charge in [0.25, 0.3) is 0 Å². The average molecular weight is 277 g/mol. The van der Waals surface area contributed by atoms with Crippen LogP contribution in [0, 0.1) is 5.92 Å². The molecule has 2 unspecified atom stereocenters. The molecule has 4 heteroatoms. The van der Waals surface area contributed by atoms with Gasteiger partial charge in [0.15, 0.2) is 0 Å². The Bertz CT molecular complexity index is 560. The number of hydrazone groups is 1. The zero-order chi connectivity index (χ0) is 12.5. The molecule has 0 fully saturated rings. The van der Waals surface area contributed by atoms with Crippen LogP contribution in [0.2, 0.25) is 5.02 Å². The van der Waals surface area contributed by atoms with Crippen LogP contribution in [0.3, 0.4) is 0 Å². The summed E-state index contributed by atoms with van der Waals surface area (Å²) in [4.78, 5) is 1.33. The quantitative estimate of drug-likeness (QED) is 0.878. The van der Waals surface area contributed by atoms with E-state index in [1.165, 1.54) is 4.88 Å². The van der Waals surface area contributed by atoms with Gasteiger partial charge < -0.3 is 5.43 Å². The first-order valence-electron chi connectivity index (χ1n) is 5.88. The average Bonchev–Trinajstić information content (AvgIpc) is 2.99. The van der Waals surface area contributed by atoms with E-state index in [-0.39, 0.29) is 6.04 Å². The van der Waals surface area contributed by atoms with Crippen LogP contribution in [0.4, 0.5) is 0 Å². The van der Waals surface area contributed by atoms with Gasteiger partial charge in [-0.25, -0.2) is 0 Å². The summed E-state index contributed by atoms with van der Waals surface area (Å²) in [6, 6.07) is 12.4. The molecule has 2 atom stereocenters. The third-order valence-corrected chi connectivity index (χ3v) is 4.45. The topological polar surface area (TPSA) is 24.4 Å². The van der Waals surface area contributed by atoms with Crippen molar-refractivity contribution in [1.29, 1.82) is 0 Å². The Kier molecular flexibility index (Phi) is 3.10. The van der Waals surface area contributed by atoms with Crippen molar-refractivity contribution in [3.63, 3.8) is 0 Å². The third kappa shape index (κ3) is 2.04. The number of thiophene rings is 1. The highest BCUT2D eigenvalue weighted by Crippen LogP contribution is 2.32. The molecule has 2 nitrogen and oxygen atoms in total. The van der Waals surface area contributed by atoms with Crippen LogP contribution in [0.1, 0.15) is 23.4 Å². The molecule has 1 aromatic carbocycles. The van der Waals surface area contributed by atoms with Crippen LogP contribution in [-0.2, 0) is 0 Å².